The van der Waals surface area contributed by atoms with Crippen molar-refractivity contribution in [2.45, 2.75) is 25.7 Å². The van der Waals surface area contributed by atoms with Crippen molar-refractivity contribution in [3.05, 3.63) is 29.3 Å². The van der Waals surface area contributed by atoms with E-state index in [0.29, 0.717) is 17.4 Å². The topological polar surface area (TPSA) is 83.8 Å². The van der Waals surface area contributed by atoms with E-state index in [1.807, 2.05) is 6.92 Å². The van der Waals surface area contributed by atoms with Crippen molar-refractivity contribution < 1.29 is 9.32 Å². The Balaban J connectivity index is 1.72. The summed E-state index contributed by atoms with van der Waals surface area (Å²) in [5, 5.41) is 13.1. The first-order valence-electron chi connectivity index (χ1n) is 5.52. The summed E-state index contributed by atoms with van der Waals surface area (Å²) in [6.45, 7) is 1.87. The number of H-pyrrole nitrogens is 1. The number of aromatic nitrogens is 3. The molecule has 0 radical (unpaired) electrons. The van der Waals surface area contributed by atoms with E-state index in [1.165, 1.54) is 0 Å². The van der Waals surface area contributed by atoms with E-state index in [9.17, 15) is 4.79 Å². The van der Waals surface area contributed by atoms with Crippen LogP contribution in [0.1, 0.15) is 40.7 Å². The zero-order valence-corrected chi connectivity index (χ0v) is 9.36. The molecule has 17 heavy (non-hydrogen) atoms. The Kier molecular flexibility index (Phi) is 2.21. The Morgan fingerprint density at radius 2 is 2.35 bits per heavy atom. The van der Waals surface area contributed by atoms with Crippen LogP contribution in [0.25, 0.3) is 0 Å². The molecule has 0 unspecified atom stereocenters. The van der Waals surface area contributed by atoms with E-state index in [2.05, 4.69) is 20.7 Å². The Labute approximate surface area is 97.4 Å². The van der Waals surface area contributed by atoms with Crippen molar-refractivity contribution in [1.29, 1.82) is 0 Å². The predicted molar refractivity (Wildman–Crippen MR) is 59.8 cm³/mol. The summed E-state index contributed by atoms with van der Waals surface area (Å²) in [7, 11) is 0. The number of nitrogens with one attached hydrogen (secondary N) is 2. The van der Waals surface area contributed by atoms with Crippen molar-refractivity contribution in [3.63, 3.8) is 0 Å². The molecular formula is C11H12N4O2. The fourth-order valence-electron chi connectivity index (χ4n) is 1.62. The summed E-state index contributed by atoms with van der Waals surface area (Å²) in [6.07, 6.45) is 2.24. The second kappa shape index (κ2) is 3.73. The molecule has 1 aliphatic carbocycles. The molecule has 2 aromatic rings. The fourth-order valence-corrected chi connectivity index (χ4v) is 1.62. The SMILES string of the molecule is Cc1cc(NC(=O)c2cc(C3CC3)on2)n[nH]1. The zero-order valence-electron chi connectivity index (χ0n) is 9.36. The van der Waals surface area contributed by atoms with Gasteiger partial charge in [-0.3, -0.25) is 9.89 Å². The third kappa shape index (κ3) is 2.06. The highest BCUT2D eigenvalue weighted by atomic mass is 16.5. The van der Waals surface area contributed by atoms with Gasteiger partial charge in [0.25, 0.3) is 5.91 Å². The Bertz CT molecular complexity index is 553. The Morgan fingerprint density at radius 1 is 1.53 bits per heavy atom. The number of anilines is 1. The number of aryl methyl sites for hydroxylation is 1. The molecule has 88 valence electrons. The molecule has 3 rings (SSSR count). The molecule has 2 N–H and O–H groups in total. The summed E-state index contributed by atoms with van der Waals surface area (Å²) in [5.74, 6) is 1.45. The van der Waals surface area contributed by atoms with Crippen LogP contribution >= 0.6 is 0 Å². The van der Waals surface area contributed by atoms with E-state index in [4.69, 9.17) is 4.52 Å². The van der Waals surface area contributed by atoms with Crippen LogP contribution < -0.4 is 5.32 Å². The summed E-state index contributed by atoms with van der Waals surface area (Å²) >= 11 is 0. The highest BCUT2D eigenvalue weighted by Crippen LogP contribution is 2.40. The van der Waals surface area contributed by atoms with E-state index in [-0.39, 0.29) is 5.91 Å². The quantitative estimate of drug-likeness (QED) is 0.845. The molecule has 1 aliphatic rings. The summed E-state index contributed by atoms with van der Waals surface area (Å²) in [4.78, 5) is 11.8. The van der Waals surface area contributed by atoms with Gasteiger partial charge in [0.1, 0.15) is 5.76 Å². The summed E-state index contributed by atoms with van der Waals surface area (Å²) in [5.41, 5.74) is 1.19. The van der Waals surface area contributed by atoms with E-state index >= 15 is 0 Å². The molecule has 6 nitrogen and oxygen atoms in total. The van der Waals surface area contributed by atoms with Crippen LogP contribution in [-0.2, 0) is 0 Å². The minimum absolute atomic E-state index is 0.299. The predicted octanol–water partition coefficient (Wildman–Crippen LogP) is 1.84. The number of hydrogen-bond donors (Lipinski definition) is 2. The Morgan fingerprint density at radius 3 is 3.00 bits per heavy atom. The van der Waals surface area contributed by atoms with Crippen LogP contribution in [0.4, 0.5) is 5.82 Å². The highest BCUT2D eigenvalue weighted by molar-refractivity contribution is 6.02. The molecule has 6 heteroatoms. The second-order valence-electron chi connectivity index (χ2n) is 4.28. The number of aromatic amines is 1. The van der Waals surface area contributed by atoms with Gasteiger partial charge >= 0.3 is 0 Å². The highest BCUT2D eigenvalue weighted by Gasteiger charge is 2.28. The number of hydrogen-bond acceptors (Lipinski definition) is 4. The van der Waals surface area contributed by atoms with Crippen molar-refractivity contribution in [3.8, 4) is 0 Å². The van der Waals surface area contributed by atoms with E-state index in [0.717, 1.165) is 24.3 Å². The molecule has 0 aliphatic heterocycles. The van der Waals surface area contributed by atoms with Crippen molar-refractivity contribution in [2.24, 2.45) is 0 Å². The number of carbonyl (C=O) groups is 1. The molecule has 1 saturated carbocycles. The monoisotopic (exact) mass is 232 g/mol. The summed E-state index contributed by atoms with van der Waals surface area (Å²) in [6, 6.07) is 3.45. The van der Waals surface area contributed by atoms with Gasteiger partial charge in [0.15, 0.2) is 11.5 Å². The summed E-state index contributed by atoms with van der Waals surface area (Å²) < 4.78 is 5.11. The fraction of sp³-hybridized carbons (Fsp3) is 0.364. The maximum atomic E-state index is 11.8. The maximum Gasteiger partial charge on any atom is 0.279 e. The standard InChI is InChI=1S/C11H12N4O2/c1-6-4-10(14-13-6)12-11(16)8-5-9(17-15-8)7-2-3-7/h4-5,7H,2-3H2,1H3,(H2,12,13,14,16). The lowest BCUT2D eigenvalue weighted by molar-refractivity contribution is 0.101. The van der Waals surface area contributed by atoms with Crippen LogP contribution in [0.3, 0.4) is 0 Å². The van der Waals surface area contributed by atoms with Crippen LogP contribution in [-0.4, -0.2) is 21.3 Å². The van der Waals surface area contributed by atoms with Gasteiger partial charge in [-0.15, -0.1) is 0 Å². The second-order valence-corrected chi connectivity index (χ2v) is 4.28. The van der Waals surface area contributed by atoms with Crippen molar-refractivity contribution in [2.75, 3.05) is 5.32 Å². The minimum Gasteiger partial charge on any atom is -0.360 e. The average molecular weight is 232 g/mol. The van der Waals surface area contributed by atoms with Gasteiger partial charge in [0.05, 0.1) is 0 Å². The molecule has 0 bridgehead atoms. The number of nitrogens with zero attached hydrogens (tertiary/aromatic N) is 2. The van der Waals surface area contributed by atoms with Crippen molar-refractivity contribution >= 4 is 11.7 Å². The first kappa shape index (κ1) is 10.1. The first-order valence-corrected chi connectivity index (χ1v) is 5.52. The maximum absolute atomic E-state index is 11.8. The third-order valence-electron chi connectivity index (χ3n) is 2.69. The van der Waals surface area contributed by atoms with Gasteiger partial charge in [0.2, 0.25) is 0 Å². The first-order chi connectivity index (χ1) is 8.22. The molecule has 0 aromatic carbocycles. The Hall–Kier alpha value is -2.11. The molecule has 0 spiro atoms. The van der Waals surface area contributed by atoms with Crippen LogP contribution in [0.2, 0.25) is 0 Å². The van der Waals surface area contributed by atoms with Gasteiger partial charge in [-0.2, -0.15) is 5.10 Å². The number of amides is 1. The molecule has 1 amide bonds. The van der Waals surface area contributed by atoms with Gasteiger partial charge in [-0.25, -0.2) is 0 Å². The lowest BCUT2D eigenvalue weighted by Gasteiger charge is -1.95. The lowest BCUT2D eigenvalue weighted by atomic mass is 10.3. The molecular weight excluding hydrogens is 220 g/mol. The van der Waals surface area contributed by atoms with Gasteiger partial charge in [-0.05, 0) is 19.8 Å². The van der Waals surface area contributed by atoms with E-state index < -0.39 is 0 Å². The zero-order chi connectivity index (χ0) is 11.8. The van der Waals surface area contributed by atoms with Crippen molar-refractivity contribution in [1.82, 2.24) is 15.4 Å². The van der Waals surface area contributed by atoms with Crippen LogP contribution in [0, 0.1) is 6.92 Å². The smallest absolute Gasteiger partial charge is 0.279 e. The lowest BCUT2D eigenvalue weighted by Crippen LogP contribution is -2.12. The molecule has 2 heterocycles. The van der Waals surface area contributed by atoms with Gasteiger partial charge in [0, 0.05) is 23.7 Å². The largest absolute Gasteiger partial charge is 0.360 e. The number of rotatable bonds is 3. The molecule has 2 aromatic heterocycles. The van der Waals surface area contributed by atoms with Gasteiger partial charge < -0.3 is 9.84 Å². The molecule has 0 saturated heterocycles. The minimum atomic E-state index is -0.299. The number of carbonyl (C=O) groups excluding carboxylic acids is 1. The van der Waals surface area contributed by atoms with Crippen LogP contribution in [0.5, 0.6) is 0 Å². The normalized spacial score (nSPS) is 14.9. The average Bonchev–Trinajstić information content (AvgIpc) is 2.88. The van der Waals surface area contributed by atoms with Crippen LogP contribution in [0.15, 0.2) is 16.7 Å². The van der Waals surface area contributed by atoms with Gasteiger partial charge in [-0.1, -0.05) is 5.16 Å². The van der Waals surface area contributed by atoms with E-state index in [1.54, 1.807) is 12.1 Å². The molecule has 1 fully saturated rings. The molecule has 0 atom stereocenters. The third-order valence-corrected chi connectivity index (χ3v) is 2.69.